The normalized spacial score (nSPS) is 18.6. The van der Waals surface area contributed by atoms with E-state index in [0.29, 0.717) is 18.8 Å². The van der Waals surface area contributed by atoms with Crippen LogP contribution < -0.4 is 5.32 Å². The zero-order valence-electron chi connectivity index (χ0n) is 13.5. The molecule has 1 aromatic heterocycles. The lowest BCUT2D eigenvalue weighted by Crippen LogP contribution is -2.53. The molecule has 1 aliphatic carbocycles. The number of carbonyl (C=O) groups excluding carboxylic acids is 1. The van der Waals surface area contributed by atoms with E-state index in [1.54, 1.807) is 12.1 Å². The third kappa shape index (κ3) is 4.86. The number of halogens is 1. The molecule has 0 unspecified atom stereocenters. The molecule has 0 aromatic carbocycles. The number of nitrogens with zero attached hydrogens (tertiary/aromatic N) is 3. The van der Waals surface area contributed by atoms with Crippen LogP contribution in [0.3, 0.4) is 0 Å². The molecule has 23 heavy (non-hydrogen) atoms. The minimum absolute atomic E-state index is 0. The summed E-state index contributed by atoms with van der Waals surface area (Å²) >= 11 is 0. The first-order chi connectivity index (χ1) is 10.8. The van der Waals surface area contributed by atoms with Gasteiger partial charge in [-0.15, -0.1) is 24.0 Å². The van der Waals surface area contributed by atoms with Crippen molar-refractivity contribution in [3.63, 3.8) is 0 Å². The number of furan rings is 1. The lowest BCUT2D eigenvalue weighted by Gasteiger charge is -2.36. The maximum absolute atomic E-state index is 12.2. The molecule has 2 fully saturated rings. The van der Waals surface area contributed by atoms with Gasteiger partial charge in [0.2, 0.25) is 0 Å². The Kier molecular flexibility index (Phi) is 6.73. The highest BCUT2D eigenvalue weighted by molar-refractivity contribution is 14.0. The Hall–Kier alpha value is -1.25. The molecule has 0 bridgehead atoms. The van der Waals surface area contributed by atoms with Gasteiger partial charge in [0.05, 0.1) is 6.26 Å². The molecule has 2 aliphatic rings. The maximum atomic E-state index is 12.2. The second-order valence-electron chi connectivity index (χ2n) is 5.96. The number of amides is 1. The molecule has 0 radical (unpaired) electrons. The van der Waals surface area contributed by atoms with Crippen LogP contribution in [0, 0.1) is 5.92 Å². The van der Waals surface area contributed by atoms with Gasteiger partial charge in [-0.2, -0.15) is 0 Å². The predicted octanol–water partition coefficient (Wildman–Crippen LogP) is 2.03. The molecule has 0 atom stereocenters. The first kappa shape index (κ1) is 18.1. The van der Waals surface area contributed by atoms with Gasteiger partial charge in [0, 0.05) is 39.8 Å². The summed E-state index contributed by atoms with van der Waals surface area (Å²) in [5.74, 6) is 2.26. The summed E-state index contributed by atoms with van der Waals surface area (Å²) in [5.41, 5.74) is 0. The third-order valence-corrected chi connectivity index (χ3v) is 4.34. The number of hydrogen-bond donors (Lipinski definition) is 1. The van der Waals surface area contributed by atoms with Crippen LogP contribution in [0.25, 0.3) is 0 Å². The molecular formula is C16H25IN4O2. The SMILES string of the molecule is CN=C(NCCC1CC1)N1CCN(C(=O)c2ccco2)CC1.I. The minimum atomic E-state index is -0.0265. The van der Waals surface area contributed by atoms with Crippen molar-refractivity contribution in [2.75, 3.05) is 39.8 Å². The summed E-state index contributed by atoms with van der Waals surface area (Å²) in [5, 5.41) is 3.44. The van der Waals surface area contributed by atoms with E-state index in [0.717, 1.165) is 31.5 Å². The molecule has 1 amide bonds. The van der Waals surface area contributed by atoms with Crippen molar-refractivity contribution in [1.29, 1.82) is 0 Å². The van der Waals surface area contributed by atoms with E-state index in [-0.39, 0.29) is 29.9 Å². The van der Waals surface area contributed by atoms with E-state index in [1.807, 2.05) is 11.9 Å². The first-order valence-electron chi connectivity index (χ1n) is 8.06. The van der Waals surface area contributed by atoms with Crippen molar-refractivity contribution in [1.82, 2.24) is 15.1 Å². The fourth-order valence-corrected chi connectivity index (χ4v) is 2.80. The van der Waals surface area contributed by atoms with Crippen molar-refractivity contribution in [3.05, 3.63) is 24.2 Å². The Morgan fingerprint density at radius 1 is 1.30 bits per heavy atom. The van der Waals surface area contributed by atoms with Crippen LogP contribution in [0.4, 0.5) is 0 Å². The van der Waals surface area contributed by atoms with Crippen LogP contribution >= 0.6 is 24.0 Å². The third-order valence-electron chi connectivity index (χ3n) is 4.34. The fourth-order valence-electron chi connectivity index (χ4n) is 2.80. The Balaban J connectivity index is 0.00000192. The van der Waals surface area contributed by atoms with E-state index in [1.165, 1.54) is 25.5 Å². The first-order valence-corrected chi connectivity index (χ1v) is 8.06. The number of guanidine groups is 1. The van der Waals surface area contributed by atoms with Crippen LogP contribution in [0.5, 0.6) is 0 Å². The molecule has 2 heterocycles. The molecule has 0 spiro atoms. The molecule has 1 saturated carbocycles. The molecule has 128 valence electrons. The van der Waals surface area contributed by atoms with Crippen molar-refractivity contribution >= 4 is 35.8 Å². The van der Waals surface area contributed by atoms with Crippen LogP contribution in [0.2, 0.25) is 0 Å². The number of piperazine rings is 1. The molecule has 1 saturated heterocycles. The molecule has 3 rings (SSSR count). The van der Waals surface area contributed by atoms with Crippen molar-refractivity contribution in [3.8, 4) is 0 Å². The highest BCUT2D eigenvalue weighted by Gasteiger charge is 2.25. The zero-order valence-corrected chi connectivity index (χ0v) is 15.9. The molecular weight excluding hydrogens is 407 g/mol. The molecule has 1 aromatic rings. The Morgan fingerprint density at radius 3 is 2.57 bits per heavy atom. The van der Waals surface area contributed by atoms with Gasteiger partial charge in [-0.05, 0) is 24.5 Å². The standard InChI is InChI=1S/C16H24N4O2.HI/c1-17-16(18-7-6-13-4-5-13)20-10-8-19(9-11-20)15(21)14-3-2-12-22-14;/h2-3,12-13H,4-11H2,1H3,(H,17,18);1H. The molecule has 1 N–H and O–H groups in total. The topological polar surface area (TPSA) is 61.1 Å². The highest BCUT2D eigenvalue weighted by Crippen LogP contribution is 2.31. The van der Waals surface area contributed by atoms with Gasteiger partial charge >= 0.3 is 0 Å². The Labute approximate surface area is 154 Å². The van der Waals surface area contributed by atoms with Crippen molar-refractivity contribution in [2.45, 2.75) is 19.3 Å². The van der Waals surface area contributed by atoms with Crippen molar-refractivity contribution < 1.29 is 9.21 Å². The summed E-state index contributed by atoms with van der Waals surface area (Å²) in [7, 11) is 1.82. The largest absolute Gasteiger partial charge is 0.459 e. The fraction of sp³-hybridized carbons (Fsp3) is 0.625. The summed E-state index contributed by atoms with van der Waals surface area (Å²) in [6.45, 7) is 3.99. The second kappa shape index (κ2) is 8.56. The summed E-state index contributed by atoms with van der Waals surface area (Å²) < 4.78 is 5.18. The summed E-state index contributed by atoms with van der Waals surface area (Å²) in [4.78, 5) is 20.6. The average molecular weight is 432 g/mol. The van der Waals surface area contributed by atoms with Crippen LogP contribution in [-0.4, -0.2) is 61.4 Å². The average Bonchev–Trinajstić information content (AvgIpc) is 3.22. The van der Waals surface area contributed by atoms with Gasteiger partial charge in [0.15, 0.2) is 11.7 Å². The van der Waals surface area contributed by atoms with E-state index < -0.39 is 0 Å². The van der Waals surface area contributed by atoms with Crippen LogP contribution in [0.15, 0.2) is 27.8 Å². The van der Waals surface area contributed by atoms with Crippen molar-refractivity contribution in [2.24, 2.45) is 10.9 Å². The van der Waals surface area contributed by atoms with Gasteiger partial charge in [-0.3, -0.25) is 9.79 Å². The number of carbonyl (C=O) groups is 1. The smallest absolute Gasteiger partial charge is 0.289 e. The van der Waals surface area contributed by atoms with Gasteiger partial charge < -0.3 is 19.5 Å². The highest BCUT2D eigenvalue weighted by atomic mass is 127. The Morgan fingerprint density at radius 2 is 2.00 bits per heavy atom. The molecule has 1 aliphatic heterocycles. The number of rotatable bonds is 4. The lowest BCUT2D eigenvalue weighted by molar-refractivity contribution is 0.0657. The quantitative estimate of drug-likeness (QED) is 0.450. The molecule has 7 heteroatoms. The maximum Gasteiger partial charge on any atom is 0.289 e. The summed E-state index contributed by atoms with van der Waals surface area (Å²) in [6.07, 6.45) is 5.53. The van der Waals surface area contributed by atoms with E-state index in [9.17, 15) is 4.79 Å². The number of hydrogen-bond acceptors (Lipinski definition) is 3. The van der Waals surface area contributed by atoms with Crippen LogP contribution in [0.1, 0.15) is 29.8 Å². The van der Waals surface area contributed by atoms with Crippen LogP contribution in [-0.2, 0) is 0 Å². The van der Waals surface area contributed by atoms with Gasteiger partial charge in [0.25, 0.3) is 5.91 Å². The van der Waals surface area contributed by atoms with E-state index >= 15 is 0 Å². The van der Waals surface area contributed by atoms with Gasteiger partial charge in [-0.1, -0.05) is 12.8 Å². The van der Waals surface area contributed by atoms with Gasteiger partial charge in [0.1, 0.15) is 0 Å². The predicted molar refractivity (Wildman–Crippen MR) is 100 cm³/mol. The van der Waals surface area contributed by atoms with E-state index in [4.69, 9.17) is 4.42 Å². The number of nitrogens with one attached hydrogen (secondary N) is 1. The number of aliphatic imine (C=N–C) groups is 1. The van der Waals surface area contributed by atoms with Gasteiger partial charge in [-0.25, -0.2) is 0 Å². The Bertz CT molecular complexity index is 520. The summed E-state index contributed by atoms with van der Waals surface area (Å²) in [6, 6.07) is 3.46. The zero-order chi connectivity index (χ0) is 15.4. The minimum Gasteiger partial charge on any atom is -0.459 e. The second-order valence-corrected chi connectivity index (χ2v) is 5.96. The lowest BCUT2D eigenvalue weighted by atomic mass is 10.3. The van der Waals surface area contributed by atoms with E-state index in [2.05, 4.69) is 15.2 Å². The molecule has 6 nitrogen and oxygen atoms in total. The monoisotopic (exact) mass is 432 g/mol.